The number of hydrogen-bond acceptors (Lipinski definition) is 6. The van der Waals surface area contributed by atoms with Crippen LogP contribution in [0.1, 0.15) is 33.1 Å². The zero-order chi connectivity index (χ0) is 24.9. The molecular weight excluding hydrogens is 451 g/mol. The highest BCUT2D eigenvalue weighted by Crippen LogP contribution is 2.33. The molecule has 2 aromatic rings. The van der Waals surface area contributed by atoms with Crippen molar-refractivity contribution in [2.45, 2.75) is 51.4 Å². The minimum absolute atomic E-state index is 0.0275. The number of nitrogens with zero attached hydrogens (tertiary/aromatic N) is 2. The summed E-state index contributed by atoms with van der Waals surface area (Å²) in [4.78, 5) is 15.5. The zero-order valence-electron chi connectivity index (χ0n) is 20.7. The molecule has 8 heteroatoms. The van der Waals surface area contributed by atoms with E-state index in [1.165, 1.54) is 6.07 Å². The number of carboxylic acids is 1. The van der Waals surface area contributed by atoms with Crippen molar-refractivity contribution in [3.05, 3.63) is 48.3 Å². The smallest absolute Gasteiger partial charge is 0.305 e. The van der Waals surface area contributed by atoms with Crippen LogP contribution in [0.3, 0.4) is 0 Å². The quantitative estimate of drug-likeness (QED) is 0.556. The molecule has 2 aliphatic heterocycles. The van der Waals surface area contributed by atoms with Gasteiger partial charge in [-0.15, -0.1) is 0 Å². The van der Waals surface area contributed by atoms with E-state index < -0.39 is 5.97 Å². The maximum atomic E-state index is 14.5. The minimum Gasteiger partial charge on any atom is -0.494 e. The number of piperidine rings is 1. The average Bonchev–Trinajstić information content (AvgIpc) is 3.24. The molecule has 7 nitrogen and oxygen atoms in total. The van der Waals surface area contributed by atoms with Gasteiger partial charge in [0.1, 0.15) is 23.4 Å². The van der Waals surface area contributed by atoms with Gasteiger partial charge in [0.05, 0.1) is 24.8 Å². The van der Waals surface area contributed by atoms with Gasteiger partial charge in [0, 0.05) is 56.9 Å². The van der Waals surface area contributed by atoms with Crippen molar-refractivity contribution >= 4 is 17.3 Å². The molecule has 0 aromatic heterocycles. The fourth-order valence-corrected chi connectivity index (χ4v) is 5.16. The normalized spacial score (nSPS) is 24.5. The van der Waals surface area contributed by atoms with Gasteiger partial charge in [-0.1, -0.05) is 6.92 Å². The number of halogens is 1. The van der Waals surface area contributed by atoms with Gasteiger partial charge in [0.25, 0.3) is 0 Å². The van der Waals surface area contributed by atoms with Crippen LogP contribution in [0.25, 0.3) is 0 Å². The maximum Gasteiger partial charge on any atom is 0.305 e. The first-order valence-corrected chi connectivity index (χ1v) is 12.3. The maximum absolute atomic E-state index is 14.5. The molecule has 0 radical (unpaired) electrons. The second kappa shape index (κ2) is 11.2. The third-order valence-electron chi connectivity index (χ3n) is 6.97. The molecule has 190 valence electrons. The highest BCUT2D eigenvalue weighted by atomic mass is 19.1. The first-order valence-electron chi connectivity index (χ1n) is 12.3. The van der Waals surface area contributed by atoms with Gasteiger partial charge in [-0.3, -0.25) is 4.79 Å². The lowest BCUT2D eigenvalue weighted by Gasteiger charge is -2.38. The van der Waals surface area contributed by atoms with Gasteiger partial charge < -0.3 is 29.1 Å². The van der Waals surface area contributed by atoms with E-state index in [1.807, 2.05) is 31.2 Å². The Balaban J connectivity index is 1.37. The molecule has 2 saturated heterocycles. The number of benzene rings is 2. The zero-order valence-corrected chi connectivity index (χ0v) is 20.7. The standard InChI is InChI=1S/C27H35FN2O5/c1-4-34-22-9-10-24(28)25(15-22)29-12-11-26(18(2)16-29)35-21-7-5-19(6-8-21)30-17-23(33-3)13-20(30)14-27(31)32/h5-10,15,18,20,23,26H,4,11-14,16-17H2,1-3H3,(H,31,32)/t18?,20-,23-,26?/m1/s1. The Morgan fingerprint density at radius 2 is 1.89 bits per heavy atom. The molecule has 1 N–H and O–H groups in total. The first kappa shape index (κ1) is 25.1. The van der Waals surface area contributed by atoms with Crippen LogP contribution in [0.2, 0.25) is 0 Å². The molecule has 0 bridgehead atoms. The Morgan fingerprint density at radius 1 is 1.14 bits per heavy atom. The van der Waals surface area contributed by atoms with Gasteiger partial charge in [-0.2, -0.15) is 0 Å². The number of carboxylic acid groups (broad SMARTS) is 1. The predicted molar refractivity (Wildman–Crippen MR) is 133 cm³/mol. The van der Waals surface area contributed by atoms with Crippen LogP contribution in [0.4, 0.5) is 15.8 Å². The Hall–Kier alpha value is -3.00. The van der Waals surface area contributed by atoms with E-state index in [1.54, 1.807) is 19.2 Å². The Kier molecular flexibility index (Phi) is 8.00. The number of hydrogen-bond donors (Lipinski definition) is 1. The van der Waals surface area contributed by atoms with Crippen molar-refractivity contribution in [1.82, 2.24) is 0 Å². The molecule has 0 amide bonds. The van der Waals surface area contributed by atoms with Crippen LogP contribution in [0, 0.1) is 11.7 Å². The number of anilines is 2. The van der Waals surface area contributed by atoms with Gasteiger partial charge in [0.15, 0.2) is 0 Å². The lowest BCUT2D eigenvalue weighted by atomic mass is 9.95. The molecule has 2 unspecified atom stereocenters. The topological polar surface area (TPSA) is 71.5 Å². The third kappa shape index (κ3) is 5.99. The van der Waals surface area contributed by atoms with E-state index in [0.29, 0.717) is 44.1 Å². The molecule has 2 aliphatic rings. The molecular formula is C27H35FN2O5. The van der Waals surface area contributed by atoms with Crippen molar-refractivity contribution in [2.24, 2.45) is 5.92 Å². The van der Waals surface area contributed by atoms with E-state index >= 15 is 0 Å². The molecule has 2 heterocycles. The number of carbonyl (C=O) groups is 1. The molecule has 2 fully saturated rings. The van der Waals surface area contributed by atoms with E-state index in [4.69, 9.17) is 14.2 Å². The van der Waals surface area contributed by atoms with Crippen molar-refractivity contribution in [3.8, 4) is 11.5 Å². The molecule has 0 aliphatic carbocycles. The van der Waals surface area contributed by atoms with Crippen molar-refractivity contribution in [1.29, 1.82) is 0 Å². The summed E-state index contributed by atoms with van der Waals surface area (Å²) in [5, 5.41) is 9.27. The number of ether oxygens (including phenoxy) is 3. The van der Waals surface area contributed by atoms with Crippen LogP contribution in [-0.2, 0) is 9.53 Å². The molecule has 4 rings (SSSR count). The van der Waals surface area contributed by atoms with Gasteiger partial charge >= 0.3 is 5.97 Å². The van der Waals surface area contributed by atoms with Gasteiger partial charge in [0.2, 0.25) is 0 Å². The molecule has 2 aromatic carbocycles. The lowest BCUT2D eigenvalue weighted by Crippen LogP contribution is -2.44. The first-order chi connectivity index (χ1) is 16.9. The van der Waals surface area contributed by atoms with Crippen LogP contribution in [0.15, 0.2) is 42.5 Å². The van der Waals surface area contributed by atoms with E-state index in [2.05, 4.69) is 16.7 Å². The molecule has 35 heavy (non-hydrogen) atoms. The summed E-state index contributed by atoms with van der Waals surface area (Å²) in [6.07, 6.45) is 1.62. The van der Waals surface area contributed by atoms with Gasteiger partial charge in [-0.05, 0) is 49.7 Å². The highest BCUT2D eigenvalue weighted by molar-refractivity contribution is 5.69. The predicted octanol–water partition coefficient (Wildman–Crippen LogP) is 4.59. The summed E-state index contributed by atoms with van der Waals surface area (Å²) in [5.41, 5.74) is 1.54. The highest BCUT2D eigenvalue weighted by Gasteiger charge is 2.34. The second-order valence-electron chi connectivity index (χ2n) is 9.41. The summed E-state index contributed by atoms with van der Waals surface area (Å²) in [7, 11) is 1.67. The fraction of sp³-hybridized carbons (Fsp3) is 0.519. The van der Waals surface area contributed by atoms with Gasteiger partial charge in [-0.25, -0.2) is 4.39 Å². The lowest BCUT2D eigenvalue weighted by molar-refractivity contribution is -0.137. The van der Waals surface area contributed by atoms with Crippen molar-refractivity contribution in [3.63, 3.8) is 0 Å². The van der Waals surface area contributed by atoms with Crippen molar-refractivity contribution < 1.29 is 28.5 Å². The molecule has 4 atom stereocenters. The van der Waals surface area contributed by atoms with Crippen LogP contribution < -0.4 is 19.3 Å². The third-order valence-corrected chi connectivity index (χ3v) is 6.97. The van der Waals surface area contributed by atoms with E-state index in [9.17, 15) is 14.3 Å². The molecule has 0 saturated carbocycles. The number of methoxy groups -OCH3 is 1. The van der Waals surface area contributed by atoms with E-state index in [-0.39, 0.29) is 36.4 Å². The van der Waals surface area contributed by atoms with Crippen molar-refractivity contribution in [2.75, 3.05) is 43.2 Å². The van der Waals surface area contributed by atoms with Crippen LogP contribution in [-0.4, -0.2) is 62.7 Å². The summed E-state index contributed by atoms with van der Waals surface area (Å²) in [6.45, 7) is 6.64. The molecule has 0 spiro atoms. The Bertz CT molecular complexity index is 1000. The summed E-state index contributed by atoms with van der Waals surface area (Å²) in [5.74, 6) is 0.617. The number of aliphatic carboxylic acids is 1. The minimum atomic E-state index is -0.804. The second-order valence-corrected chi connectivity index (χ2v) is 9.41. The summed E-state index contributed by atoms with van der Waals surface area (Å²) in [6, 6.07) is 12.7. The number of rotatable bonds is 9. The Labute approximate surface area is 206 Å². The summed E-state index contributed by atoms with van der Waals surface area (Å²) >= 11 is 0. The monoisotopic (exact) mass is 486 g/mol. The SMILES string of the molecule is CCOc1ccc(F)c(N2CCC(Oc3ccc(N4C[C@H](OC)C[C@@H]4CC(=O)O)cc3)C(C)C2)c1. The Morgan fingerprint density at radius 3 is 2.54 bits per heavy atom. The van der Waals surface area contributed by atoms with E-state index in [0.717, 1.165) is 17.9 Å². The average molecular weight is 487 g/mol. The summed E-state index contributed by atoms with van der Waals surface area (Å²) < 4.78 is 31.8. The fourth-order valence-electron chi connectivity index (χ4n) is 5.16. The largest absolute Gasteiger partial charge is 0.494 e. The van der Waals surface area contributed by atoms with Crippen LogP contribution in [0.5, 0.6) is 11.5 Å². The van der Waals surface area contributed by atoms with Crippen LogP contribution >= 0.6 is 0 Å².